The van der Waals surface area contributed by atoms with Crippen molar-refractivity contribution in [3.8, 4) is 0 Å². The maximum atomic E-state index is 10.1. The Morgan fingerprint density at radius 1 is 1.21 bits per heavy atom. The van der Waals surface area contributed by atoms with Crippen LogP contribution in [0.4, 0.5) is 0 Å². The van der Waals surface area contributed by atoms with E-state index in [0.717, 1.165) is 11.1 Å². The lowest BCUT2D eigenvalue weighted by Gasteiger charge is -2.09. The summed E-state index contributed by atoms with van der Waals surface area (Å²) in [5.41, 5.74) is 3.25. The fraction of sp³-hybridized carbons (Fsp3) is 0.273. The van der Waals surface area contributed by atoms with Crippen LogP contribution in [0, 0.1) is 13.8 Å². The van der Waals surface area contributed by atoms with Crippen LogP contribution in [0.1, 0.15) is 27.7 Å². The number of hydrogen-bond acceptors (Lipinski definition) is 3. The Morgan fingerprint density at radius 3 is 2.50 bits per heavy atom. The van der Waals surface area contributed by atoms with Crippen molar-refractivity contribution in [3.05, 3.63) is 43.8 Å². The minimum atomic E-state index is -0.451. The highest BCUT2D eigenvalue weighted by Gasteiger charge is 2.15. The molecule has 0 radical (unpaired) electrons. The summed E-state index contributed by atoms with van der Waals surface area (Å²) in [4.78, 5) is 1.20. The van der Waals surface area contributed by atoms with Crippen molar-refractivity contribution < 1.29 is 5.11 Å². The summed E-state index contributed by atoms with van der Waals surface area (Å²) in [7, 11) is 0. The van der Waals surface area contributed by atoms with Crippen LogP contribution in [0.5, 0.6) is 0 Å². The Labute approximate surface area is 91.7 Å². The molecule has 14 heavy (non-hydrogen) atoms. The molecule has 0 fully saturated rings. The van der Waals surface area contributed by atoms with E-state index < -0.39 is 6.10 Å². The van der Waals surface area contributed by atoms with Gasteiger partial charge in [-0.05, 0) is 52.7 Å². The molecule has 1 atom stereocenters. The average molecular weight is 224 g/mol. The van der Waals surface area contributed by atoms with Crippen LogP contribution < -0.4 is 0 Å². The number of hydrogen-bond donors (Lipinski definition) is 1. The number of thiophene rings is 2. The Bertz CT molecular complexity index is 388. The molecule has 0 aliphatic heterocycles. The third kappa shape index (κ3) is 1.63. The lowest BCUT2D eigenvalue weighted by molar-refractivity contribution is 0.220. The summed E-state index contributed by atoms with van der Waals surface area (Å²) in [6.45, 7) is 4.08. The van der Waals surface area contributed by atoms with E-state index in [1.54, 1.807) is 22.7 Å². The van der Waals surface area contributed by atoms with Crippen LogP contribution in [0.25, 0.3) is 0 Å². The lowest BCUT2D eigenvalue weighted by atomic mass is 10.0. The van der Waals surface area contributed by atoms with Crippen molar-refractivity contribution in [1.29, 1.82) is 0 Å². The van der Waals surface area contributed by atoms with Crippen molar-refractivity contribution in [1.82, 2.24) is 0 Å². The van der Waals surface area contributed by atoms with Gasteiger partial charge in [0, 0.05) is 4.88 Å². The Kier molecular flexibility index (Phi) is 2.72. The summed E-state index contributed by atoms with van der Waals surface area (Å²) in [5.74, 6) is 0. The lowest BCUT2D eigenvalue weighted by Crippen LogP contribution is -1.99. The van der Waals surface area contributed by atoms with E-state index in [0.29, 0.717) is 0 Å². The highest BCUT2D eigenvalue weighted by atomic mass is 32.1. The van der Waals surface area contributed by atoms with Crippen LogP contribution >= 0.6 is 22.7 Å². The Morgan fingerprint density at radius 2 is 2.00 bits per heavy atom. The van der Waals surface area contributed by atoms with Crippen molar-refractivity contribution in [3.63, 3.8) is 0 Å². The molecule has 0 aromatic carbocycles. The van der Waals surface area contributed by atoms with Gasteiger partial charge in [0.2, 0.25) is 0 Å². The van der Waals surface area contributed by atoms with E-state index in [1.165, 1.54) is 10.4 Å². The predicted octanol–water partition coefficient (Wildman–Crippen LogP) is 3.51. The molecule has 0 spiro atoms. The second-order valence-electron chi connectivity index (χ2n) is 3.34. The summed E-state index contributed by atoms with van der Waals surface area (Å²) >= 11 is 3.32. The fourth-order valence-electron chi connectivity index (χ4n) is 1.50. The monoisotopic (exact) mass is 224 g/mol. The van der Waals surface area contributed by atoms with E-state index in [-0.39, 0.29) is 0 Å². The van der Waals surface area contributed by atoms with Crippen molar-refractivity contribution in [2.24, 2.45) is 0 Å². The standard InChI is InChI=1S/C11H12OS2/c1-7-5-13-6-10(7)11(12)9-3-4-14-8(9)2/h3-6,11-12H,1-2H3. The molecule has 2 heterocycles. The largest absolute Gasteiger partial charge is 0.384 e. The van der Waals surface area contributed by atoms with Gasteiger partial charge < -0.3 is 5.11 Å². The van der Waals surface area contributed by atoms with E-state index in [9.17, 15) is 5.11 Å². The Hall–Kier alpha value is -0.640. The molecule has 3 heteroatoms. The molecule has 0 saturated carbocycles. The normalized spacial score (nSPS) is 13.1. The average Bonchev–Trinajstić information content (AvgIpc) is 2.73. The highest BCUT2D eigenvalue weighted by molar-refractivity contribution is 7.10. The molecule has 2 aromatic heterocycles. The molecule has 1 unspecified atom stereocenters. The smallest absolute Gasteiger partial charge is 0.106 e. The van der Waals surface area contributed by atoms with E-state index >= 15 is 0 Å². The minimum Gasteiger partial charge on any atom is -0.384 e. The van der Waals surface area contributed by atoms with Gasteiger partial charge in [0.25, 0.3) is 0 Å². The van der Waals surface area contributed by atoms with Gasteiger partial charge in [-0.15, -0.1) is 11.3 Å². The van der Waals surface area contributed by atoms with Gasteiger partial charge in [-0.3, -0.25) is 0 Å². The summed E-state index contributed by atoms with van der Waals surface area (Å²) < 4.78 is 0. The third-order valence-electron chi connectivity index (χ3n) is 2.38. The molecule has 0 aliphatic carbocycles. The van der Waals surface area contributed by atoms with Crippen molar-refractivity contribution in [2.45, 2.75) is 20.0 Å². The number of aliphatic hydroxyl groups is 1. The molecule has 0 saturated heterocycles. The van der Waals surface area contributed by atoms with Crippen LogP contribution in [0.3, 0.4) is 0 Å². The third-order valence-corrected chi connectivity index (χ3v) is 4.12. The quantitative estimate of drug-likeness (QED) is 0.827. The molecule has 0 amide bonds. The van der Waals surface area contributed by atoms with Crippen molar-refractivity contribution >= 4 is 22.7 Å². The van der Waals surface area contributed by atoms with E-state index in [4.69, 9.17) is 0 Å². The van der Waals surface area contributed by atoms with Gasteiger partial charge in [-0.1, -0.05) is 0 Å². The summed E-state index contributed by atoms with van der Waals surface area (Å²) in [6, 6.07) is 2.00. The molecule has 2 rings (SSSR count). The molecule has 1 N–H and O–H groups in total. The predicted molar refractivity (Wildman–Crippen MR) is 62.2 cm³/mol. The van der Waals surface area contributed by atoms with Gasteiger partial charge in [0.15, 0.2) is 0 Å². The summed E-state index contributed by atoms with van der Waals surface area (Å²) in [6.07, 6.45) is -0.451. The van der Waals surface area contributed by atoms with Gasteiger partial charge >= 0.3 is 0 Å². The number of aliphatic hydroxyl groups excluding tert-OH is 1. The number of rotatable bonds is 2. The van der Waals surface area contributed by atoms with Crippen LogP contribution in [0.2, 0.25) is 0 Å². The zero-order valence-electron chi connectivity index (χ0n) is 8.15. The molecular weight excluding hydrogens is 212 g/mol. The van der Waals surface area contributed by atoms with E-state index in [2.05, 4.69) is 5.38 Å². The zero-order chi connectivity index (χ0) is 10.1. The highest BCUT2D eigenvalue weighted by Crippen LogP contribution is 2.31. The molecule has 0 bridgehead atoms. The van der Waals surface area contributed by atoms with Gasteiger partial charge in [-0.25, -0.2) is 0 Å². The van der Waals surface area contributed by atoms with Gasteiger partial charge in [0.05, 0.1) is 0 Å². The second kappa shape index (κ2) is 3.85. The molecule has 2 aromatic rings. The molecule has 1 nitrogen and oxygen atoms in total. The fourth-order valence-corrected chi connectivity index (χ4v) is 3.10. The summed E-state index contributed by atoms with van der Waals surface area (Å²) in [5, 5.41) is 16.3. The molecule has 0 aliphatic rings. The van der Waals surface area contributed by atoms with Gasteiger partial charge in [0.1, 0.15) is 6.10 Å². The molecule has 74 valence electrons. The van der Waals surface area contributed by atoms with Crippen LogP contribution in [-0.2, 0) is 0 Å². The minimum absolute atomic E-state index is 0.451. The molecular formula is C11H12OS2. The van der Waals surface area contributed by atoms with Crippen molar-refractivity contribution in [2.75, 3.05) is 0 Å². The first kappa shape index (κ1) is 9.90. The first-order chi connectivity index (χ1) is 6.70. The second-order valence-corrected chi connectivity index (χ2v) is 5.21. The zero-order valence-corrected chi connectivity index (χ0v) is 9.78. The van der Waals surface area contributed by atoms with Crippen LogP contribution in [0.15, 0.2) is 22.2 Å². The number of aryl methyl sites for hydroxylation is 2. The topological polar surface area (TPSA) is 20.2 Å². The van der Waals surface area contributed by atoms with Crippen LogP contribution in [-0.4, -0.2) is 5.11 Å². The van der Waals surface area contributed by atoms with Gasteiger partial charge in [-0.2, -0.15) is 11.3 Å². The Balaban J connectivity index is 2.38. The maximum absolute atomic E-state index is 10.1. The van der Waals surface area contributed by atoms with E-state index in [1.807, 2.05) is 30.7 Å². The first-order valence-corrected chi connectivity index (χ1v) is 6.27. The SMILES string of the molecule is Cc1cscc1C(O)c1ccsc1C. The first-order valence-electron chi connectivity index (χ1n) is 4.45. The maximum Gasteiger partial charge on any atom is 0.106 e.